The van der Waals surface area contributed by atoms with Crippen LogP contribution in [0.15, 0.2) is 0 Å². The molecule has 1 unspecified atom stereocenters. The van der Waals surface area contributed by atoms with Crippen molar-refractivity contribution in [3.8, 4) is 17.9 Å². The molecule has 2 heteroatoms. The Morgan fingerprint density at radius 2 is 1.87 bits per heavy atom. The average molecular weight is 207 g/mol. The van der Waals surface area contributed by atoms with Gasteiger partial charge in [-0.2, -0.15) is 5.26 Å². The Morgan fingerprint density at radius 1 is 1.13 bits per heavy atom. The number of rotatable bonds is 7. The minimum Gasteiger partial charge on any atom is -0.380 e. The van der Waals surface area contributed by atoms with Gasteiger partial charge >= 0.3 is 0 Å². The third-order valence-electron chi connectivity index (χ3n) is 2.20. The first-order valence-electron chi connectivity index (χ1n) is 5.84. The number of nitriles is 1. The number of hydrogen-bond donors (Lipinski definition) is 1. The maximum absolute atomic E-state index is 9.30. The van der Waals surface area contributed by atoms with E-state index in [2.05, 4.69) is 18.8 Å². The molecule has 0 heterocycles. The normalized spacial score (nSPS) is 11.3. The molecule has 0 aliphatic rings. The number of aliphatic hydroxyl groups excluding tert-OH is 1. The Morgan fingerprint density at radius 3 is 2.53 bits per heavy atom. The van der Waals surface area contributed by atoms with Crippen molar-refractivity contribution in [2.24, 2.45) is 0 Å². The van der Waals surface area contributed by atoms with Crippen LogP contribution in [-0.4, -0.2) is 11.2 Å². The highest BCUT2D eigenvalue weighted by Crippen LogP contribution is 2.04. The minimum atomic E-state index is -0.611. The van der Waals surface area contributed by atoms with Crippen molar-refractivity contribution in [3.63, 3.8) is 0 Å². The van der Waals surface area contributed by atoms with Gasteiger partial charge in [-0.25, -0.2) is 0 Å². The molecule has 84 valence electrons. The van der Waals surface area contributed by atoms with Crippen LogP contribution >= 0.6 is 0 Å². The minimum absolute atomic E-state index is 0.381. The quantitative estimate of drug-likeness (QED) is 0.515. The zero-order chi connectivity index (χ0) is 11.4. The third-order valence-corrected chi connectivity index (χ3v) is 2.20. The summed E-state index contributed by atoms with van der Waals surface area (Å²) in [5.74, 6) is 5.72. The Labute approximate surface area is 93.3 Å². The highest BCUT2D eigenvalue weighted by molar-refractivity contribution is 5.04. The molecule has 2 nitrogen and oxygen atoms in total. The van der Waals surface area contributed by atoms with Crippen molar-refractivity contribution in [3.05, 3.63) is 0 Å². The van der Waals surface area contributed by atoms with Crippen molar-refractivity contribution >= 4 is 0 Å². The summed E-state index contributed by atoms with van der Waals surface area (Å²) < 4.78 is 0. The molecule has 0 aliphatic carbocycles. The van der Waals surface area contributed by atoms with Gasteiger partial charge in [-0.1, -0.05) is 38.5 Å². The van der Waals surface area contributed by atoms with Crippen LogP contribution in [0.3, 0.4) is 0 Å². The number of hydrogen-bond acceptors (Lipinski definition) is 2. The van der Waals surface area contributed by atoms with Crippen molar-refractivity contribution < 1.29 is 5.11 Å². The van der Waals surface area contributed by atoms with Crippen LogP contribution in [0.4, 0.5) is 0 Å². The molecule has 0 amide bonds. The summed E-state index contributed by atoms with van der Waals surface area (Å²) in [5, 5.41) is 17.6. The molecular formula is C13H21NO. The van der Waals surface area contributed by atoms with Gasteiger partial charge in [-0.3, -0.25) is 0 Å². The highest BCUT2D eigenvalue weighted by Gasteiger charge is 1.96. The smallest absolute Gasteiger partial charge is 0.115 e. The molecule has 0 aromatic carbocycles. The predicted octanol–water partition coefficient (Wildman–Crippen LogP) is 3.01. The summed E-state index contributed by atoms with van der Waals surface area (Å²) in [6, 6.07) is 2.00. The van der Waals surface area contributed by atoms with E-state index >= 15 is 0 Å². The average Bonchev–Trinajstić information content (AvgIpc) is 2.25. The Kier molecular flexibility index (Phi) is 10.4. The highest BCUT2D eigenvalue weighted by atomic mass is 16.3. The van der Waals surface area contributed by atoms with Crippen molar-refractivity contribution in [2.75, 3.05) is 0 Å². The van der Waals surface area contributed by atoms with E-state index in [0.29, 0.717) is 12.8 Å². The second-order valence-electron chi connectivity index (χ2n) is 3.70. The SMILES string of the molecule is CCCCCCCC#CC(O)CCC#N. The summed E-state index contributed by atoms with van der Waals surface area (Å²) in [7, 11) is 0. The van der Waals surface area contributed by atoms with Crippen LogP contribution in [0.25, 0.3) is 0 Å². The topological polar surface area (TPSA) is 44.0 Å². The largest absolute Gasteiger partial charge is 0.380 e. The lowest BCUT2D eigenvalue weighted by Gasteiger charge is -1.97. The van der Waals surface area contributed by atoms with Gasteiger partial charge in [-0.15, -0.1) is 5.92 Å². The molecule has 0 radical (unpaired) electrons. The standard InChI is InChI=1S/C13H21NO/c1-2-3-4-5-6-7-8-10-13(15)11-9-12-14/h13,15H,2-7,9,11H2,1H3. The van der Waals surface area contributed by atoms with E-state index in [-0.39, 0.29) is 0 Å². The molecule has 0 aliphatic heterocycles. The zero-order valence-corrected chi connectivity index (χ0v) is 9.63. The fraction of sp³-hybridized carbons (Fsp3) is 0.769. The lowest BCUT2D eigenvalue weighted by molar-refractivity contribution is 0.224. The maximum Gasteiger partial charge on any atom is 0.115 e. The van der Waals surface area contributed by atoms with Crippen molar-refractivity contribution in [2.45, 2.75) is 64.4 Å². The van der Waals surface area contributed by atoms with E-state index in [1.807, 2.05) is 6.07 Å². The van der Waals surface area contributed by atoms with Gasteiger partial charge in [0.2, 0.25) is 0 Å². The van der Waals surface area contributed by atoms with E-state index < -0.39 is 6.10 Å². The summed E-state index contributed by atoms with van der Waals surface area (Å²) in [6.07, 6.45) is 7.32. The molecule has 0 saturated carbocycles. The van der Waals surface area contributed by atoms with Crippen molar-refractivity contribution in [1.82, 2.24) is 0 Å². The van der Waals surface area contributed by atoms with Crippen LogP contribution in [-0.2, 0) is 0 Å². The second-order valence-corrected chi connectivity index (χ2v) is 3.70. The van der Waals surface area contributed by atoms with Crippen LogP contribution in [0.5, 0.6) is 0 Å². The fourth-order valence-corrected chi connectivity index (χ4v) is 1.28. The van der Waals surface area contributed by atoms with Gasteiger partial charge in [0.05, 0.1) is 6.07 Å². The second kappa shape index (κ2) is 11.1. The van der Waals surface area contributed by atoms with Gasteiger partial charge in [0, 0.05) is 12.8 Å². The molecule has 0 fully saturated rings. The first-order valence-corrected chi connectivity index (χ1v) is 5.84. The van der Waals surface area contributed by atoms with E-state index in [0.717, 1.165) is 12.8 Å². The van der Waals surface area contributed by atoms with E-state index in [9.17, 15) is 5.11 Å². The molecule has 0 aromatic heterocycles. The van der Waals surface area contributed by atoms with Gasteiger partial charge in [0.25, 0.3) is 0 Å². The van der Waals surface area contributed by atoms with Gasteiger partial charge in [0.15, 0.2) is 0 Å². The first-order chi connectivity index (χ1) is 7.31. The van der Waals surface area contributed by atoms with E-state index in [4.69, 9.17) is 5.26 Å². The number of nitrogens with zero attached hydrogens (tertiary/aromatic N) is 1. The molecule has 0 saturated heterocycles. The Balaban J connectivity index is 3.33. The molecule has 0 spiro atoms. The van der Waals surface area contributed by atoms with Crippen LogP contribution in [0.1, 0.15) is 58.3 Å². The fourth-order valence-electron chi connectivity index (χ4n) is 1.28. The van der Waals surface area contributed by atoms with E-state index in [1.54, 1.807) is 0 Å². The third kappa shape index (κ3) is 10.9. The van der Waals surface area contributed by atoms with Gasteiger partial charge in [-0.05, 0) is 12.8 Å². The van der Waals surface area contributed by atoms with Crippen LogP contribution in [0, 0.1) is 23.2 Å². The van der Waals surface area contributed by atoms with Crippen molar-refractivity contribution in [1.29, 1.82) is 5.26 Å². The number of unbranched alkanes of at least 4 members (excludes halogenated alkanes) is 5. The van der Waals surface area contributed by atoms with E-state index in [1.165, 1.54) is 25.7 Å². The maximum atomic E-state index is 9.30. The van der Waals surface area contributed by atoms with Gasteiger partial charge in [0.1, 0.15) is 6.10 Å². The summed E-state index contributed by atoms with van der Waals surface area (Å²) in [4.78, 5) is 0. The summed E-state index contributed by atoms with van der Waals surface area (Å²) in [6.45, 7) is 2.20. The van der Waals surface area contributed by atoms with Gasteiger partial charge < -0.3 is 5.11 Å². The lowest BCUT2D eigenvalue weighted by atomic mass is 10.1. The Bertz CT molecular complexity index is 231. The molecule has 1 atom stereocenters. The summed E-state index contributed by atoms with van der Waals surface area (Å²) in [5.41, 5.74) is 0. The predicted molar refractivity (Wildman–Crippen MR) is 62.0 cm³/mol. The molecule has 0 bridgehead atoms. The van der Waals surface area contributed by atoms with Crippen LogP contribution < -0.4 is 0 Å². The zero-order valence-electron chi connectivity index (χ0n) is 9.63. The summed E-state index contributed by atoms with van der Waals surface area (Å²) >= 11 is 0. The molecule has 15 heavy (non-hydrogen) atoms. The molecule has 1 N–H and O–H groups in total. The monoisotopic (exact) mass is 207 g/mol. The number of aliphatic hydroxyl groups is 1. The molecular weight excluding hydrogens is 186 g/mol. The molecule has 0 rings (SSSR count). The lowest BCUT2D eigenvalue weighted by Crippen LogP contribution is -2.01. The first kappa shape index (κ1) is 14.0. The molecule has 0 aromatic rings. The Hall–Kier alpha value is -0.990. The van der Waals surface area contributed by atoms with Crippen LogP contribution in [0.2, 0.25) is 0 Å².